The van der Waals surface area contributed by atoms with Crippen molar-refractivity contribution in [2.45, 2.75) is 96.1 Å². The van der Waals surface area contributed by atoms with Crippen LogP contribution in [0.4, 0.5) is 10.1 Å². The van der Waals surface area contributed by atoms with E-state index in [2.05, 4.69) is 31.4 Å². The Hall–Kier alpha value is -1.93. The van der Waals surface area contributed by atoms with Gasteiger partial charge in [0.2, 0.25) is 11.8 Å². The highest BCUT2D eigenvalue weighted by Gasteiger charge is 2.69. The average Bonchev–Trinajstić information content (AvgIpc) is 3.22. The minimum atomic E-state index is -1.64. The van der Waals surface area contributed by atoms with Crippen molar-refractivity contribution >= 4 is 40.7 Å². The van der Waals surface area contributed by atoms with E-state index in [0.717, 1.165) is 0 Å². The number of nitrogens with zero attached hydrogens (tertiary/aromatic N) is 1. The van der Waals surface area contributed by atoms with E-state index in [0.29, 0.717) is 47.1 Å². The summed E-state index contributed by atoms with van der Waals surface area (Å²) >= 11 is 12.3. The summed E-state index contributed by atoms with van der Waals surface area (Å²) in [4.78, 5) is 30.2. The third-order valence-corrected chi connectivity index (χ3v) is 8.68. The largest absolute Gasteiger partial charge is 0.390 e. The van der Waals surface area contributed by atoms with Gasteiger partial charge in [-0.25, -0.2) is 4.39 Å². The number of nitrogens with one attached hydrogen (secondary N) is 2. The van der Waals surface area contributed by atoms with Gasteiger partial charge in [-0.1, -0.05) is 69.1 Å². The second kappa shape index (κ2) is 10.8. The molecular weight excluding hydrogens is 540 g/mol. The molecule has 214 valence electrons. The van der Waals surface area contributed by atoms with Crippen LogP contribution >= 0.6 is 23.2 Å². The van der Waals surface area contributed by atoms with Gasteiger partial charge in [-0.15, -0.1) is 0 Å². The average molecular weight is 581 g/mol. The zero-order chi connectivity index (χ0) is 28.9. The third kappa shape index (κ3) is 5.65. The van der Waals surface area contributed by atoms with E-state index in [-0.39, 0.29) is 23.3 Å². The highest BCUT2D eigenvalue weighted by Crippen LogP contribution is 2.58. The van der Waals surface area contributed by atoms with Gasteiger partial charge in [0, 0.05) is 33.7 Å². The number of anilines is 1. The van der Waals surface area contributed by atoms with Crippen molar-refractivity contribution in [3.63, 3.8) is 0 Å². The minimum Gasteiger partial charge on any atom is -0.390 e. The van der Waals surface area contributed by atoms with Crippen molar-refractivity contribution in [3.05, 3.63) is 52.0 Å². The SMILES string of the molecule is CCN1C(C(=O)NC2CC(C)(O)C2)C(C(F)C=CC=C(C)Cl)C2(C(=O)Nc3cc(Cl)ccc32)C1CC(C)(C)C. The van der Waals surface area contributed by atoms with E-state index in [4.69, 9.17) is 23.2 Å². The van der Waals surface area contributed by atoms with Gasteiger partial charge < -0.3 is 15.7 Å². The van der Waals surface area contributed by atoms with E-state index >= 15 is 4.39 Å². The Bertz CT molecular complexity index is 1180. The highest BCUT2D eigenvalue weighted by molar-refractivity contribution is 6.31. The summed E-state index contributed by atoms with van der Waals surface area (Å²) in [6, 6.07) is 3.64. The normalized spacial score (nSPS) is 33.8. The number of carbonyl (C=O) groups excluding carboxylic acids is 2. The lowest BCUT2D eigenvalue weighted by atomic mass is 9.63. The molecule has 9 heteroatoms. The van der Waals surface area contributed by atoms with Crippen LogP contribution in [0.15, 0.2) is 41.5 Å². The maximum atomic E-state index is 16.7. The van der Waals surface area contributed by atoms with Crippen LogP contribution in [-0.2, 0) is 15.0 Å². The first-order chi connectivity index (χ1) is 18.1. The number of benzene rings is 1. The number of aliphatic hydroxyl groups is 1. The van der Waals surface area contributed by atoms with Crippen molar-refractivity contribution in [2.75, 3.05) is 11.9 Å². The number of allylic oxidation sites excluding steroid dienone is 4. The van der Waals surface area contributed by atoms with E-state index in [9.17, 15) is 14.7 Å². The standard InChI is InChI=1S/C30H40Cl2FN3O3/c1-7-36-23(16-28(3,4)5)30(20-12-11-18(32)13-22(20)35-27(30)38)24(21(33)10-8-9-17(2)31)25(36)26(37)34-19-14-29(6,39)15-19/h8-13,19,21,23-25,39H,7,14-16H2,1-6H3,(H,34,37)(H,35,38). The lowest BCUT2D eigenvalue weighted by Crippen LogP contribution is -2.58. The number of alkyl halides is 1. The topological polar surface area (TPSA) is 81.7 Å². The molecule has 1 saturated heterocycles. The third-order valence-electron chi connectivity index (χ3n) is 8.32. The fourth-order valence-corrected chi connectivity index (χ4v) is 7.19. The van der Waals surface area contributed by atoms with Crippen LogP contribution in [0.1, 0.15) is 66.4 Å². The Kier molecular flexibility index (Phi) is 8.32. The monoisotopic (exact) mass is 579 g/mol. The van der Waals surface area contributed by atoms with Crippen molar-refractivity contribution in [3.8, 4) is 0 Å². The molecule has 5 unspecified atom stereocenters. The molecule has 3 N–H and O–H groups in total. The summed E-state index contributed by atoms with van der Waals surface area (Å²) in [5, 5.41) is 17.2. The summed E-state index contributed by atoms with van der Waals surface area (Å²) in [6.07, 6.45) is 4.31. The molecule has 39 heavy (non-hydrogen) atoms. The first-order valence-electron chi connectivity index (χ1n) is 13.7. The maximum absolute atomic E-state index is 16.7. The molecule has 0 bridgehead atoms. The minimum absolute atomic E-state index is 0.205. The number of likely N-dealkylation sites (N-methyl/N-ethyl adjacent to an activating group) is 1. The van der Waals surface area contributed by atoms with Crippen LogP contribution in [0.3, 0.4) is 0 Å². The summed E-state index contributed by atoms with van der Waals surface area (Å²) in [5.41, 5.74) is -1.16. The van der Waals surface area contributed by atoms with Crippen molar-refractivity contribution in [1.29, 1.82) is 0 Å². The predicted molar refractivity (Wildman–Crippen MR) is 155 cm³/mol. The summed E-state index contributed by atoms with van der Waals surface area (Å²) < 4.78 is 16.7. The molecule has 1 aliphatic carbocycles. The molecule has 6 nitrogen and oxygen atoms in total. The summed E-state index contributed by atoms with van der Waals surface area (Å²) in [7, 11) is 0. The lowest BCUT2D eigenvalue weighted by molar-refractivity contribution is -0.131. The Balaban J connectivity index is 1.90. The first kappa shape index (κ1) is 30.0. The van der Waals surface area contributed by atoms with E-state index in [1.807, 2.05) is 11.8 Å². The van der Waals surface area contributed by atoms with Gasteiger partial charge in [-0.2, -0.15) is 0 Å². The van der Waals surface area contributed by atoms with Crippen LogP contribution in [0.25, 0.3) is 0 Å². The van der Waals surface area contributed by atoms with Gasteiger partial charge in [0.15, 0.2) is 0 Å². The molecule has 1 saturated carbocycles. The molecule has 1 aromatic rings. The Morgan fingerprint density at radius 2 is 2.03 bits per heavy atom. The second-order valence-electron chi connectivity index (χ2n) is 12.8. The van der Waals surface area contributed by atoms with Gasteiger partial charge in [0.25, 0.3) is 0 Å². The fraction of sp³-hybridized carbons (Fsp3) is 0.600. The van der Waals surface area contributed by atoms with Crippen LogP contribution in [0, 0.1) is 11.3 Å². The molecule has 3 aliphatic rings. The van der Waals surface area contributed by atoms with Crippen LogP contribution in [0.2, 0.25) is 5.02 Å². The van der Waals surface area contributed by atoms with E-state index in [1.165, 1.54) is 6.08 Å². The number of hydrogen-bond donors (Lipinski definition) is 3. The zero-order valence-corrected chi connectivity index (χ0v) is 25.0. The molecule has 0 aromatic heterocycles. The quantitative estimate of drug-likeness (QED) is 0.361. The number of hydrogen-bond acceptors (Lipinski definition) is 4. The highest BCUT2D eigenvalue weighted by atomic mass is 35.5. The van der Waals surface area contributed by atoms with Gasteiger partial charge in [-0.3, -0.25) is 14.5 Å². The molecule has 2 heterocycles. The molecule has 4 rings (SSSR count). The van der Waals surface area contributed by atoms with E-state index < -0.39 is 35.2 Å². The van der Waals surface area contributed by atoms with Gasteiger partial charge in [-0.05, 0) is 68.8 Å². The van der Waals surface area contributed by atoms with Gasteiger partial charge >= 0.3 is 0 Å². The Morgan fingerprint density at radius 3 is 2.59 bits per heavy atom. The summed E-state index contributed by atoms with van der Waals surface area (Å²) in [6.45, 7) is 12.1. The number of halogens is 3. The van der Waals surface area contributed by atoms with Crippen molar-refractivity contribution < 1.29 is 19.1 Å². The molecular formula is C30H40Cl2FN3O3. The number of carbonyl (C=O) groups is 2. The number of rotatable bonds is 7. The smallest absolute Gasteiger partial charge is 0.238 e. The van der Waals surface area contributed by atoms with Crippen molar-refractivity contribution in [1.82, 2.24) is 10.2 Å². The second-order valence-corrected chi connectivity index (χ2v) is 13.8. The summed E-state index contributed by atoms with van der Waals surface area (Å²) in [5.74, 6) is -1.67. The van der Waals surface area contributed by atoms with Crippen molar-refractivity contribution in [2.24, 2.45) is 11.3 Å². The molecule has 5 atom stereocenters. The first-order valence-corrected chi connectivity index (χ1v) is 14.4. The van der Waals surface area contributed by atoms with Crippen LogP contribution in [-0.4, -0.2) is 58.3 Å². The molecule has 1 spiro atoms. The number of likely N-dealkylation sites (tertiary alicyclic amines) is 1. The molecule has 0 radical (unpaired) electrons. The molecule has 1 aromatic carbocycles. The maximum Gasteiger partial charge on any atom is 0.238 e. The Labute approximate surface area is 241 Å². The van der Waals surface area contributed by atoms with Gasteiger partial charge in [0.05, 0.1) is 17.1 Å². The lowest BCUT2D eigenvalue weighted by Gasteiger charge is -2.42. The van der Waals surface area contributed by atoms with Gasteiger partial charge in [0.1, 0.15) is 6.17 Å². The molecule has 2 fully saturated rings. The van der Waals surface area contributed by atoms with Crippen LogP contribution < -0.4 is 10.6 Å². The molecule has 2 amide bonds. The number of amides is 2. The number of fused-ring (bicyclic) bond motifs is 2. The fourth-order valence-electron chi connectivity index (χ4n) is 6.94. The Morgan fingerprint density at radius 1 is 1.36 bits per heavy atom. The predicted octanol–water partition coefficient (Wildman–Crippen LogP) is 5.72. The van der Waals surface area contributed by atoms with E-state index in [1.54, 1.807) is 44.2 Å². The molecule has 2 aliphatic heterocycles. The zero-order valence-electron chi connectivity index (χ0n) is 23.5. The van der Waals surface area contributed by atoms with Crippen LogP contribution in [0.5, 0.6) is 0 Å².